The molecule has 4 aliphatic rings. The average molecular weight is 635 g/mol. The zero-order valence-electron chi connectivity index (χ0n) is 26.2. The molecule has 4 saturated heterocycles. The summed E-state index contributed by atoms with van der Waals surface area (Å²) in [5, 5.41) is 53.6. The fourth-order valence-electron chi connectivity index (χ4n) is 5.94. The molecule has 0 amide bonds. The first-order valence-electron chi connectivity index (χ1n) is 16.4. The summed E-state index contributed by atoms with van der Waals surface area (Å²) in [6.45, 7) is 2.06. The standard InChI is InChI=1S/C31H54O13/c1-19-15-13-11-9-7-5-3-4-6-8-10-12-14-16-23(34)43-28-21(17-32)41-30(27(38)26(28)37)44-29-25(36)24(35)22(18-39-20(2)33)42-31(29)40-19/h19,21-22,24-32,35-38H,3-18H2,1-2H3. The lowest BCUT2D eigenvalue weighted by Gasteiger charge is -2.46. The summed E-state index contributed by atoms with van der Waals surface area (Å²) in [6.07, 6.45) is -1.44. The lowest BCUT2D eigenvalue weighted by molar-refractivity contribution is -0.371. The highest BCUT2D eigenvalue weighted by molar-refractivity contribution is 5.69. The van der Waals surface area contributed by atoms with Gasteiger partial charge in [0.1, 0.15) is 49.3 Å². The van der Waals surface area contributed by atoms with Crippen molar-refractivity contribution < 1.29 is 63.5 Å². The largest absolute Gasteiger partial charge is 0.463 e. The van der Waals surface area contributed by atoms with Crippen LogP contribution in [-0.4, -0.2) is 118 Å². The van der Waals surface area contributed by atoms with Gasteiger partial charge in [-0.15, -0.1) is 0 Å². The maximum Gasteiger partial charge on any atom is 0.306 e. The number of hydrogen-bond donors (Lipinski definition) is 5. The van der Waals surface area contributed by atoms with E-state index in [1.165, 1.54) is 39.0 Å². The van der Waals surface area contributed by atoms with Crippen molar-refractivity contribution in [3.63, 3.8) is 0 Å². The number of fused-ring (bicyclic) bond motifs is 19. The fourth-order valence-corrected chi connectivity index (χ4v) is 5.94. The van der Waals surface area contributed by atoms with Gasteiger partial charge in [-0.1, -0.05) is 70.6 Å². The summed E-state index contributed by atoms with van der Waals surface area (Å²) < 4.78 is 34.0. The Hall–Kier alpha value is -1.42. The molecule has 13 heteroatoms. The highest BCUT2D eigenvalue weighted by Crippen LogP contribution is 2.32. The molecule has 4 heterocycles. The third-order valence-electron chi connectivity index (χ3n) is 8.58. The van der Waals surface area contributed by atoms with Crippen LogP contribution >= 0.6 is 0 Å². The molecule has 0 saturated carbocycles. The first-order valence-corrected chi connectivity index (χ1v) is 16.4. The van der Waals surface area contributed by atoms with Crippen LogP contribution in [0.25, 0.3) is 0 Å². The highest BCUT2D eigenvalue weighted by atomic mass is 16.8. The third-order valence-corrected chi connectivity index (χ3v) is 8.58. The van der Waals surface area contributed by atoms with Crippen LogP contribution in [0.5, 0.6) is 0 Å². The van der Waals surface area contributed by atoms with Gasteiger partial charge >= 0.3 is 11.9 Å². The van der Waals surface area contributed by atoms with Gasteiger partial charge in [0, 0.05) is 13.3 Å². The Morgan fingerprint density at radius 2 is 1.25 bits per heavy atom. The average Bonchev–Trinajstić information content (AvgIpc) is 2.99. The Morgan fingerprint density at radius 1 is 0.705 bits per heavy atom. The second-order valence-electron chi connectivity index (χ2n) is 12.3. The van der Waals surface area contributed by atoms with Gasteiger partial charge in [0.2, 0.25) is 0 Å². The lowest BCUT2D eigenvalue weighted by Crippen LogP contribution is -2.65. The molecule has 0 aromatic heterocycles. The van der Waals surface area contributed by atoms with E-state index in [9.17, 15) is 35.1 Å². The molecule has 11 atom stereocenters. The van der Waals surface area contributed by atoms with Gasteiger partial charge in [0.05, 0.1) is 12.7 Å². The van der Waals surface area contributed by atoms with Crippen LogP contribution in [0.15, 0.2) is 0 Å². The molecule has 0 radical (unpaired) electrons. The number of carbonyl (C=O) groups excluding carboxylic acids is 2. The second-order valence-corrected chi connectivity index (χ2v) is 12.3. The normalized spacial score (nSPS) is 39.7. The molecule has 4 fully saturated rings. The topological polar surface area (TPSA) is 191 Å². The van der Waals surface area contributed by atoms with E-state index in [4.69, 9.17) is 28.4 Å². The molecule has 2 bridgehead atoms. The van der Waals surface area contributed by atoms with Gasteiger partial charge in [-0.2, -0.15) is 0 Å². The summed E-state index contributed by atoms with van der Waals surface area (Å²) in [7, 11) is 0. The number of carbonyl (C=O) groups is 2. The predicted molar refractivity (Wildman–Crippen MR) is 155 cm³/mol. The van der Waals surface area contributed by atoms with Crippen LogP contribution in [-0.2, 0) is 38.0 Å². The predicted octanol–water partition coefficient (Wildman–Crippen LogP) is 1.61. The van der Waals surface area contributed by atoms with Gasteiger partial charge in [-0.05, 0) is 19.8 Å². The molecule has 11 unspecified atom stereocenters. The van der Waals surface area contributed by atoms with E-state index in [2.05, 4.69) is 0 Å². The minimum Gasteiger partial charge on any atom is -0.463 e. The van der Waals surface area contributed by atoms with Crippen molar-refractivity contribution in [2.45, 2.75) is 171 Å². The number of aliphatic hydroxyl groups excluding tert-OH is 5. The molecule has 44 heavy (non-hydrogen) atoms. The Kier molecular flexibility index (Phi) is 16.2. The van der Waals surface area contributed by atoms with Crippen molar-refractivity contribution in [1.82, 2.24) is 0 Å². The maximum atomic E-state index is 12.5. The van der Waals surface area contributed by atoms with Crippen LogP contribution < -0.4 is 0 Å². The van der Waals surface area contributed by atoms with E-state index >= 15 is 0 Å². The van der Waals surface area contributed by atoms with Crippen LogP contribution in [0.2, 0.25) is 0 Å². The van der Waals surface area contributed by atoms with E-state index in [0.717, 1.165) is 38.5 Å². The smallest absolute Gasteiger partial charge is 0.306 e. The van der Waals surface area contributed by atoms with Crippen LogP contribution in [0.1, 0.15) is 104 Å². The SMILES string of the molecule is CC(=O)OCC1OC2OC(C)CCCCCCCCCCCCCCC(=O)OC3C(CO)OC(OC2C(O)C1O)C(O)C3O. The molecule has 0 aromatic carbocycles. The Labute approximate surface area is 260 Å². The second kappa shape index (κ2) is 19.3. The minimum absolute atomic E-state index is 0.132. The molecule has 5 N–H and O–H groups in total. The molecule has 256 valence electrons. The first kappa shape index (κ1) is 37.0. The quantitative estimate of drug-likeness (QED) is 0.282. The molecule has 0 spiro atoms. The van der Waals surface area contributed by atoms with Gasteiger partial charge < -0.3 is 54.0 Å². The summed E-state index contributed by atoms with van der Waals surface area (Å²) in [5.74, 6) is -1.17. The molecule has 0 aliphatic carbocycles. The van der Waals surface area contributed by atoms with Crippen molar-refractivity contribution in [2.75, 3.05) is 13.2 Å². The van der Waals surface area contributed by atoms with E-state index < -0.39 is 80.0 Å². The van der Waals surface area contributed by atoms with Crippen molar-refractivity contribution >= 4 is 11.9 Å². The van der Waals surface area contributed by atoms with E-state index in [-0.39, 0.29) is 19.1 Å². The van der Waals surface area contributed by atoms with Crippen molar-refractivity contribution in [3.8, 4) is 0 Å². The molecular weight excluding hydrogens is 580 g/mol. The van der Waals surface area contributed by atoms with E-state index in [1.54, 1.807) is 0 Å². The minimum atomic E-state index is -1.74. The van der Waals surface area contributed by atoms with Crippen molar-refractivity contribution in [2.24, 2.45) is 0 Å². The number of rotatable bonds is 3. The Bertz CT molecular complexity index is 841. The number of ether oxygens (including phenoxy) is 6. The lowest BCUT2D eigenvalue weighted by atomic mass is 9.97. The van der Waals surface area contributed by atoms with Crippen LogP contribution in [0.4, 0.5) is 0 Å². The van der Waals surface area contributed by atoms with Crippen molar-refractivity contribution in [1.29, 1.82) is 0 Å². The zero-order chi connectivity index (χ0) is 32.1. The summed E-state index contributed by atoms with van der Waals surface area (Å²) in [4.78, 5) is 23.9. The molecular formula is C31H54O13. The van der Waals surface area contributed by atoms with Gasteiger partial charge in [0.25, 0.3) is 0 Å². The molecule has 0 aromatic rings. The fraction of sp³-hybridized carbons (Fsp3) is 0.935. The van der Waals surface area contributed by atoms with Gasteiger partial charge in [-0.25, -0.2) is 0 Å². The Morgan fingerprint density at radius 3 is 1.84 bits per heavy atom. The zero-order valence-corrected chi connectivity index (χ0v) is 26.2. The summed E-state index contributed by atoms with van der Waals surface area (Å²) in [6, 6.07) is 0. The summed E-state index contributed by atoms with van der Waals surface area (Å²) >= 11 is 0. The van der Waals surface area contributed by atoms with Gasteiger partial charge in [-0.3, -0.25) is 9.59 Å². The number of aliphatic hydroxyl groups is 5. The number of esters is 2. The van der Waals surface area contributed by atoms with Crippen molar-refractivity contribution in [3.05, 3.63) is 0 Å². The monoisotopic (exact) mass is 634 g/mol. The van der Waals surface area contributed by atoms with Crippen LogP contribution in [0.3, 0.4) is 0 Å². The molecule has 13 nitrogen and oxygen atoms in total. The highest BCUT2D eigenvalue weighted by Gasteiger charge is 2.52. The third kappa shape index (κ3) is 11.4. The van der Waals surface area contributed by atoms with E-state index in [1.807, 2.05) is 6.92 Å². The summed E-state index contributed by atoms with van der Waals surface area (Å²) in [5.41, 5.74) is 0. The maximum absolute atomic E-state index is 12.5. The van der Waals surface area contributed by atoms with E-state index in [0.29, 0.717) is 12.8 Å². The van der Waals surface area contributed by atoms with Gasteiger partial charge in [0.15, 0.2) is 18.7 Å². The molecule has 4 rings (SSSR count). The number of hydrogen-bond acceptors (Lipinski definition) is 13. The Balaban J connectivity index is 1.75. The molecule has 4 aliphatic heterocycles. The first-order chi connectivity index (χ1) is 21.1. The van der Waals surface area contributed by atoms with Crippen LogP contribution in [0, 0.1) is 0 Å².